The number of nitro groups is 2. The minimum atomic E-state index is -1.22. The van der Waals surface area contributed by atoms with Crippen molar-refractivity contribution in [1.82, 2.24) is 9.80 Å². The molecule has 2 aromatic carbocycles. The molecule has 0 unspecified atom stereocenters. The van der Waals surface area contributed by atoms with Crippen LogP contribution in [0.4, 0.5) is 11.4 Å². The van der Waals surface area contributed by atoms with Crippen LogP contribution < -0.4 is 18.9 Å². The number of likely N-dealkylation sites (tertiary alicyclic amines) is 2. The van der Waals surface area contributed by atoms with Crippen molar-refractivity contribution in [3.05, 3.63) is 55.6 Å². The maximum atomic E-state index is 13.4. The van der Waals surface area contributed by atoms with Crippen LogP contribution in [0, 0.1) is 26.1 Å². The molecule has 0 aromatic heterocycles. The van der Waals surface area contributed by atoms with Crippen molar-refractivity contribution in [2.45, 2.75) is 31.1 Å². The van der Waals surface area contributed by atoms with E-state index in [1.807, 2.05) is 0 Å². The molecule has 0 aliphatic carbocycles. The number of β-amino-alcohol motifs (C(OH)–C–C–N with tert-alkyl or cyclic N) is 2. The molecular formula is C31H36N4O16. The molecule has 2 aromatic rings. The number of aliphatic hydroxyl groups excluding tert-OH is 2. The second-order valence-electron chi connectivity index (χ2n) is 11.4. The average Bonchev–Trinajstić information content (AvgIpc) is 3.71. The number of aliphatic hydroxyl groups is 2. The Morgan fingerprint density at radius 1 is 0.745 bits per heavy atom. The Morgan fingerprint density at radius 2 is 1.25 bits per heavy atom. The Hall–Kier alpha value is -5.76. The number of benzene rings is 2. The number of esters is 2. The van der Waals surface area contributed by atoms with Crippen LogP contribution >= 0.6 is 0 Å². The summed E-state index contributed by atoms with van der Waals surface area (Å²) in [5.74, 6) is -4.48. The summed E-state index contributed by atoms with van der Waals surface area (Å²) in [7, 11) is 4.76. The van der Waals surface area contributed by atoms with Crippen molar-refractivity contribution >= 4 is 35.1 Å². The van der Waals surface area contributed by atoms with E-state index in [2.05, 4.69) is 4.74 Å². The van der Waals surface area contributed by atoms with Gasteiger partial charge in [-0.1, -0.05) is 0 Å². The third kappa shape index (κ3) is 8.18. The fourth-order valence-corrected chi connectivity index (χ4v) is 5.77. The lowest BCUT2D eigenvalue weighted by Crippen LogP contribution is -2.41. The molecule has 0 bridgehead atoms. The van der Waals surface area contributed by atoms with E-state index in [0.717, 1.165) is 48.3 Å². The summed E-state index contributed by atoms with van der Waals surface area (Å²) in [5.41, 5.74) is -2.03. The van der Waals surface area contributed by atoms with Gasteiger partial charge in [0.25, 0.3) is 23.2 Å². The summed E-state index contributed by atoms with van der Waals surface area (Å²) in [6, 6.07) is 3.06. The van der Waals surface area contributed by atoms with Gasteiger partial charge in [-0.25, -0.2) is 4.79 Å². The quantitative estimate of drug-likeness (QED) is 0.118. The zero-order valence-electron chi connectivity index (χ0n) is 28.0. The third-order valence-corrected chi connectivity index (χ3v) is 8.32. The zero-order valence-corrected chi connectivity index (χ0v) is 28.0. The second-order valence-corrected chi connectivity index (χ2v) is 11.4. The van der Waals surface area contributed by atoms with Crippen molar-refractivity contribution in [1.29, 1.82) is 0 Å². The summed E-state index contributed by atoms with van der Waals surface area (Å²) in [5, 5.41) is 44.2. The average molecular weight is 721 g/mol. The Kier molecular flexibility index (Phi) is 12.2. The highest BCUT2D eigenvalue weighted by Crippen LogP contribution is 2.38. The van der Waals surface area contributed by atoms with Crippen molar-refractivity contribution in [2.75, 3.05) is 61.3 Å². The lowest BCUT2D eigenvalue weighted by atomic mass is 10.1. The van der Waals surface area contributed by atoms with Crippen LogP contribution in [0.15, 0.2) is 24.3 Å². The first-order valence-corrected chi connectivity index (χ1v) is 15.4. The van der Waals surface area contributed by atoms with Crippen molar-refractivity contribution in [2.24, 2.45) is 5.92 Å². The summed E-state index contributed by atoms with van der Waals surface area (Å²) in [6.07, 6.45) is -2.23. The number of hydrogen-bond donors (Lipinski definition) is 2. The summed E-state index contributed by atoms with van der Waals surface area (Å²) in [6.45, 7) is -0.919. The van der Waals surface area contributed by atoms with Crippen LogP contribution in [0.25, 0.3) is 0 Å². The summed E-state index contributed by atoms with van der Waals surface area (Å²) < 4.78 is 31.3. The Bertz CT molecular complexity index is 1700. The van der Waals surface area contributed by atoms with E-state index in [1.54, 1.807) is 0 Å². The number of methoxy groups -OCH3 is 4. The van der Waals surface area contributed by atoms with E-state index >= 15 is 0 Å². The van der Waals surface area contributed by atoms with Crippen LogP contribution in [0.5, 0.6) is 23.0 Å². The number of hydrogen-bond acceptors (Lipinski definition) is 16. The molecule has 2 saturated heterocycles. The number of carbonyl (C=O) groups excluding carboxylic acids is 4. The smallest absolute Gasteiger partial charge is 0.328 e. The second kappa shape index (κ2) is 16.3. The largest absolute Gasteiger partial charge is 0.493 e. The topological polar surface area (TPSA) is 257 Å². The summed E-state index contributed by atoms with van der Waals surface area (Å²) in [4.78, 5) is 75.1. The normalized spacial score (nSPS) is 19.6. The zero-order chi connectivity index (χ0) is 37.6. The molecule has 2 aliphatic rings. The third-order valence-electron chi connectivity index (χ3n) is 8.32. The molecule has 2 aliphatic heterocycles. The van der Waals surface area contributed by atoms with Gasteiger partial charge in [0.1, 0.15) is 23.1 Å². The minimum Gasteiger partial charge on any atom is -0.493 e. The molecular weight excluding hydrogens is 684 g/mol. The fraction of sp³-hybridized carbons (Fsp3) is 0.484. The first-order chi connectivity index (χ1) is 24.3. The van der Waals surface area contributed by atoms with Crippen LogP contribution in [0.3, 0.4) is 0 Å². The number of amides is 2. The number of rotatable bonds is 14. The van der Waals surface area contributed by atoms with Crippen LogP contribution in [0.1, 0.15) is 33.6 Å². The molecule has 2 heterocycles. The highest BCUT2D eigenvalue weighted by Gasteiger charge is 2.43. The molecule has 0 saturated carbocycles. The minimum absolute atomic E-state index is 0.0216. The van der Waals surface area contributed by atoms with Gasteiger partial charge in [0.2, 0.25) is 0 Å². The fourth-order valence-electron chi connectivity index (χ4n) is 5.77. The SMILES string of the molecule is COC(=O)[C@H]1CN(C(=O)c2cc(OC)c(OCCCOc3cc([N+](=O)[O-])c(C(=O)N4C[C@H](O)C[C@H]4C(=O)OC)cc3OC)cc2[N+](=O)[O-])C[C@@H]1O. The number of ether oxygens (including phenoxy) is 6. The van der Waals surface area contributed by atoms with Crippen LogP contribution in [-0.2, 0) is 19.1 Å². The lowest BCUT2D eigenvalue weighted by molar-refractivity contribution is -0.385. The maximum absolute atomic E-state index is 13.4. The molecule has 276 valence electrons. The number of carbonyl (C=O) groups is 4. The molecule has 4 atom stereocenters. The Labute approximate surface area is 289 Å². The van der Waals surface area contributed by atoms with Gasteiger partial charge >= 0.3 is 11.9 Å². The molecule has 4 rings (SSSR count). The van der Waals surface area contributed by atoms with Gasteiger partial charge in [0.05, 0.1) is 75.8 Å². The van der Waals surface area contributed by atoms with E-state index in [0.29, 0.717) is 0 Å². The molecule has 2 amide bonds. The lowest BCUT2D eigenvalue weighted by Gasteiger charge is -2.22. The van der Waals surface area contributed by atoms with Gasteiger partial charge in [-0.05, 0) is 0 Å². The highest BCUT2D eigenvalue weighted by atomic mass is 16.6. The van der Waals surface area contributed by atoms with Gasteiger partial charge in [-0.3, -0.25) is 34.6 Å². The standard InChI is InChI=1S/C31H36N4O16/c1-46-24-9-17(28(38)32-14-19(23(37)15-32)30(40)48-3)20(34(42)43)11-26(24)50-6-5-7-51-27-12-21(35(44)45)18(10-25(27)47-2)29(39)33-13-16(36)8-22(33)31(41)49-4/h9-12,16,19,22-23,36-37H,5-8,13-15H2,1-4H3/t16-,19+,22+,23+/m1/s1. The van der Waals surface area contributed by atoms with E-state index < -0.39 is 74.7 Å². The van der Waals surface area contributed by atoms with E-state index in [9.17, 15) is 49.6 Å². The monoisotopic (exact) mass is 720 g/mol. The van der Waals surface area contributed by atoms with Gasteiger partial charge in [0, 0.05) is 44.6 Å². The predicted octanol–water partition coefficient (Wildman–Crippen LogP) is 0.722. The molecule has 20 nitrogen and oxygen atoms in total. The Morgan fingerprint density at radius 3 is 1.73 bits per heavy atom. The van der Waals surface area contributed by atoms with Crippen LogP contribution in [-0.4, -0.2) is 133 Å². The molecule has 0 radical (unpaired) electrons. The molecule has 51 heavy (non-hydrogen) atoms. The van der Waals surface area contributed by atoms with Gasteiger partial charge in [-0.2, -0.15) is 0 Å². The molecule has 2 N–H and O–H groups in total. The van der Waals surface area contributed by atoms with Crippen molar-refractivity contribution in [3.8, 4) is 23.0 Å². The van der Waals surface area contributed by atoms with Gasteiger partial charge in [-0.15, -0.1) is 0 Å². The summed E-state index contributed by atoms with van der Waals surface area (Å²) >= 11 is 0. The van der Waals surface area contributed by atoms with Gasteiger partial charge in [0.15, 0.2) is 23.0 Å². The first-order valence-electron chi connectivity index (χ1n) is 15.4. The maximum Gasteiger partial charge on any atom is 0.328 e. The van der Waals surface area contributed by atoms with Crippen LogP contribution in [0.2, 0.25) is 0 Å². The molecule has 0 spiro atoms. The van der Waals surface area contributed by atoms with Crippen molar-refractivity contribution < 1.29 is 67.7 Å². The van der Waals surface area contributed by atoms with E-state index in [4.69, 9.17) is 23.7 Å². The first kappa shape index (κ1) is 38.0. The number of nitro benzene ring substituents is 2. The van der Waals surface area contributed by atoms with Crippen molar-refractivity contribution in [3.63, 3.8) is 0 Å². The van der Waals surface area contributed by atoms with Gasteiger partial charge < -0.3 is 48.4 Å². The molecule has 2 fully saturated rings. The highest BCUT2D eigenvalue weighted by molar-refractivity contribution is 6.01. The predicted molar refractivity (Wildman–Crippen MR) is 170 cm³/mol. The van der Waals surface area contributed by atoms with E-state index in [-0.39, 0.29) is 74.3 Å². The van der Waals surface area contributed by atoms with E-state index in [1.165, 1.54) is 14.2 Å². The molecule has 20 heteroatoms. The number of nitrogens with zero attached hydrogens (tertiary/aromatic N) is 4. The Balaban J connectivity index is 1.45.